The maximum absolute atomic E-state index is 5.47. The second-order valence-electron chi connectivity index (χ2n) is 4.70. The van der Waals surface area contributed by atoms with Gasteiger partial charge in [0.05, 0.1) is 0 Å². The first-order valence-corrected chi connectivity index (χ1v) is 6.09. The minimum atomic E-state index is 0.446. The number of hydrogen-bond donors (Lipinski definition) is 2. The van der Waals surface area contributed by atoms with Crippen molar-refractivity contribution in [1.29, 1.82) is 0 Å². The van der Waals surface area contributed by atoms with E-state index in [1.165, 1.54) is 0 Å². The Kier molecular flexibility index (Phi) is 5.15. The van der Waals surface area contributed by atoms with Gasteiger partial charge in [-0.05, 0) is 39.8 Å². The topological polar surface area (TPSA) is 67.1 Å². The molecule has 0 saturated carbocycles. The summed E-state index contributed by atoms with van der Waals surface area (Å²) in [5.74, 6) is 1.22. The average Bonchev–Trinajstić information content (AvgIpc) is 2.25. The van der Waals surface area contributed by atoms with Gasteiger partial charge in [0.25, 0.3) is 0 Å². The minimum Gasteiger partial charge on any atom is -0.382 e. The van der Waals surface area contributed by atoms with Crippen molar-refractivity contribution in [3.8, 4) is 0 Å². The van der Waals surface area contributed by atoms with E-state index in [1.807, 2.05) is 6.07 Å². The summed E-state index contributed by atoms with van der Waals surface area (Å²) in [5.41, 5.74) is 5.47. The van der Waals surface area contributed by atoms with Gasteiger partial charge in [0.2, 0.25) is 0 Å². The fraction of sp³-hybridized carbons (Fsp3) is 0.667. The summed E-state index contributed by atoms with van der Waals surface area (Å²) < 4.78 is 0. The molecule has 0 radical (unpaired) electrons. The number of anilines is 2. The van der Waals surface area contributed by atoms with Crippen molar-refractivity contribution in [1.82, 2.24) is 15.1 Å². The molecular weight excluding hydrogens is 214 g/mol. The molecule has 0 atom stereocenters. The van der Waals surface area contributed by atoms with E-state index in [0.29, 0.717) is 17.9 Å². The molecule has 0 aliphatic heterocycles. The van der Waals surface area contributed by atoms with Crippen LogP contribution in [0.1, 0.15) is 27.7 Å². The van der Waals surface area contributed by atoms with Gasteiger partial charge in [0.1, 0.15) is 11.6 Å². The number of nitrogens with zero attached hydrogens (tertiary/aromatic N) is 3. The molecule has 3 N–H and O–H groups in total. The summed E-state index contributed by atoms with van der Waals surface area (Å²) in [6.45, 7) is 10.7. The van der Waals surface area contributed by atoms with Gasteiger partial charge in [0.15, 0.2) is 0 Å². The highest BCUT2D eigenvalue weighted by Crippen LogP contribution is 2.05. The quantitative estimate of drug-likeness (QED) is 0.786. The predicted molar refractivity (Wildman–Crippen MR) is 71.9 cm³/mol. The molecule has 0 aromatic carbocycles. The van der Waals surface area contributed by atoms with Gasteiger partial charge < -0.3 is 11.1 Å². The number of rotatable bonds is 6. The van der Waals surface area contributed by atoms with Crippen LogP contribution in [-0.4, -0.2) is 40.3 Å². The van der Waals surface area contributed by atoms with Gasteiger partial charge in [-0.25, -0.2) is 0 Å². The van der Waals surface area contributed by atoms with Crippen molar-refractivity contribution in [2.45, 2.75) is 39.8 Å². The number of hydrogen-bond acceptors (Lipinski definition) is 5. The van der Waals surface area contributed by atoms with Crippen LogP contribution in [0.5, 0.6) is 0 Å². The van der Waals surface area contributed by atoms with Gasteiger partial charge in [0, 0.05) is 25.2 Å². The van der Waals surface area contributed by atoms with Crippen molar-refractivity contribution < 1.29 is 0 Å². The smallest absolute Gasteiger partial charge is 0.148 e. The Labute approximate surface area is 103 Å². The normalized spacial score (nSPS) is 11.5. The Hall–Kier alpha value is -1.36. The third kappa shape index (κ3) is 4.56. The summed E-state index contributed by atoms with van der Waals surface area (Å²) >= 11 is 0. The molecule has 96 valence electrons. The van der Waals surface area contributed by atoms with E-state index < -0.39 is 0 Å². The molecule has 5 nitrogen and oxygen atoms in total. The van der Waals surface area contributed by atoms with E-state index in [9.17, 15) is 0 Å². The summed E-state index contributed by atoms with van der Waals surface area (Å²) in [5, 5.41) is 11.0. The van der Waals surface area contributed by atoms with Gasteiger partial charge in [-0.2, -0.15) is 0 Å². The zero-order valence-corrected chi connectivity index (χ0v) is 11.1. The summed E-state index contributed by atoms with van der Waals surface area (Å²) in [6.07, 6.45) is 0. The molecule has 1 rings (SSSR count). The van der Waals surface area contributed by atoms with E-state index in [1.54, 1.807) is 6.07 Å². The van der Waals surface area contributed by atoms with Gasteiger partial charge in [-0.15, -0.1) is 10.2 Å². The highest BCUT2D eigenvalue weighted by atomic mass is 15.2. The lowest BCUT2D eigenvalue weighted by Crippen LogP contribution is -2.40. The number of nitrogens with two attached hydrogens (primary N) is 1. The lowest BCUT2D eigenvalue weighted by Gasteiger charge is -2.30. The Balaban J connectivity index is 2.38. The number of aromatic nitrogens is 2. The molecule has 0 aliphatic carbocycles. The molecule has 1 heterocycles. The second-order valence-corrected chi connectivity index (χ2v) is 4.70. The van der Waals surface area contributed by atoms with Crippen LogP contribution < -0.4 is 11.1 Å². The molecular formula is C12H23N5. The zero-order valence-electron chi connectivity index (χ0n) is 11.1. The van der Waals surface area contributed by atoms with Crippen LogP contribution in [0.4, 0.5) is 11.6 Å². The van der Waals surface area contributed by atoms with Crippen LogP contribution in [-0.2, 0) is 0 Å². The largest absolute Gasteiger partial charge is 0.382 e. The SMILES string of the molecule is CC(C)N(CCNc1ccc(N)nn1)C(C)C. The maximum atomic E-state index is 5.47. The number of nitrogens with one attached hydrogen (secondary N) is 1. The molecule has 0 spiro atoms. The summed E-state index contributed by atoms with van der Waals surface area (Å²) in [4.78, 5) is 2.43. The van der Waals surface area contributed by atoms with Crippen LogP contribution >= 0.6 is 0 Å². The summed E-state index contributed by atoms with van der Waals surface area (Å²) in [7, 11) is 0. The molecule has 0 bridgehead atoms. The first kappa shape index (κ1) is 13.7. The van der Waals surface area contributed by atoms with E-state index in [2.05, 4.69) is 48.1 Å². The first-order valence-electron chi connectivity index (χ1n) is 6.09. The van der Waals surface area contributed by atoms with Crippen molar-refractivity contribution >= 4 is 11.6 Å². The fourth-order valence-corrected chi connectivity index (χ4v) is 1.86. The van der Waals surface area contributed by atoms with Gasteiger partial charge in [-0.3, -0.25) is 4.90 Å². The first-order chi connectivity index (χ1) is 8.00. The van der Waals surface area contributed by atoms with Crippen LogP contribution in [0.2, 0.25) is 0 Å². The summed E-state index contributed by atoms with van der Waals surface area (Å²) in [6, 6.07) is 4.69. The molecule has 0 aliphatic rings. The van der Waals surface area contributed by atoms with Crippen LogP contribution in [0.15, 0.2) is 12.1 Å². The lowest BCUT2D eigenvalue weighted by atomic mass is 10.2. The second kappa shape index (κ2) is 6.39. The van der Waals surface area contributed by atoms with Crippen molar-refractivity contribution in [3.05, 3.63) is 12.1 Å². The monoisotopic (exact) mass is 237 g/mol. The molecule has 17 heavy (non-hydrogen) atoms. The molecule has 5 heteroatoms. The highest BCUT2D eigenvalue weighted by molar-refractivity contribution is 5.38. The Morgan fingerprint density at radius 2 is 1.82 bits per heavy atom. The van der Waals surface area contributed by atoms with Gasteiger partial charge >= 0.3 is 0 Å². The Morgan fingerprint density at radius 3 is 2.29 bits per heavy atom. The van der Waals surface area contributed by atoms with Crippen LogP contribution in [0, 0.1) is 0 Å². The van der Waals surface area contributed by atoms with E-state index in [0.717, 1.165) is 18.9 Å². The van der Waals surface area contributed by atoms with Crippen molar-refractivity contribution in [2.75, 3.05) is 24.1 Å². The fourth-order valence-electron chi connectivity index (χ4n) is 1.86. The van der Waals surface area contributed by atoms with E-state index in [-0.39, 0.29) is 0 Å². The van der Waals surface area contributed by atoms with Crippen LogP contribution in [0.3, 0.4) is 0 Å². The third-order valence-corrected chi connectivity index (χ3v) is 2.69. The minimum absolute atomic E-state index is 0.446. The number of nitrogen functional groups attached to an aromatic ring is 1. The van der Waals surface area contributed by atoms with Crippen LogP contribution in [0.25, 0.3) is 0 Å². The van der Waals surface area contributed by atoms with E-state index in [4.69, 9.17) is 5.73 Å². The molecule has 1 aromatic heterocycles. The molecule has 1 aromatic rings. The molecule has 0 fully saturated rings. The Morgan fingerprint density at radius 1 is 1.18 bits per heavy atom. The lowest BCUT2D eigenvalue weighted by molar-refractivity contribution is 0.182. The third-order valence-electron chi connectivity index (χ3n) is 2.69. The maximum Gasteiger partial charge on any atom is 0.148 e. The van der Waals surface area contributed by atoms with Gasteiger partial charge in [-0.1, -0.05) is 0 Å². The molecule has 0 amide bonds. The van der Waals surface area contributed by atoms with Crippen molar-refractivity contribution in [2.24, 2.45) is 0 Å². The average molecular weight is 237 g/mol. The standard InChI is InChI=1S/C12H23N5/c1-9(2)17(10(3)4)8-7-14-12-6-5-11(13)15-16-12/h5-6,9-10H,7-8H2,1-4H3,(H2,13,15)(H,14,16). The Bertz CT molecular complexity index is 312. The molecule has 0 unspecified atom stereocenters. The zero-order chi connectivity index (χ0) is 12.8. The highest BCUT2D eigenvalue weighted by Gasteiger charge is 2.12. The molecule has 0 saturated heterocycles. The predicted octanol–water partition coefficient (Wildman–Crippen LogP) is 1.59. The van der Waals surface area contributed by atoms with Crippen molar-refractivity contribution in [3.63, 3.8) is 0 Å². The van der Waals surface area contributed by atoms with E-state index >= 15 is 0 Å².